The van der Waals surface area contributed by atoms with Crippen LogP contribution in [0.1, 0.15) is 20.3 Å². The van der Waals surface area contributed by atoms with E-state index in [1.807, 2.05) is 13.8 Å². The number of carbonyl (C=O) groups is 2. The molecule has 1 aromatic carbocycles. The summed E-state index contributed by atoms with van der Waals surface area (Å²) in [4.78, 5) is 23.4. The molecule has 0 saturated heterocycles. The summed E-state index contributed by atoms with van der Waals surface area (Å²) in [5, 5.41) is 14.7. The molecule has 7 nitrogen and oxygen atoms in total. The van der Waals surface area contributed by atoms with Gasteiger partial charge in [0.2, 0.25) is 5.91 Å². The van der Waals surface area contributed by atoms with Crippen molar-refractivity contribution in [3.8, 4) is 11.5 Å². The molecule has 0 aliphatic carbocycles. The van der Waals surface area contributed by atoms with E-state index in [1.165, 1.54) is 14.2 Å². The van der Waals surface area contributed by atoms with Gasteiger partial charge in [-0.2, -0.15) is 0 Å². The van der Waals surface area contributed by atoms with Crippen LogP contribution in [0.5, 0.6) is 11.5 Å². The molecule has 0 radical (unpaired) electrons. The number of rotatable bonds is 9. The Morgan fingerprint density at radius 1 is 1.22 bits per heavy atom. The predicted molar refractivity (Wildman–Crippen MR) is 87.1 cm³/mol. The lowest BCUT2D eigenvalue weighted by molar-refractivity contribution is -0.141. The van der Waals surface area contributed by atoms with Crippen LogP contribution in [0, 0.1) is 5.92 Å². The zero-order chi connectivity index (χ0) is 17.4. The van der Waals surface area contributed by atoms with Crippen LogP contribution in [-0.2, 0) is 9.59 Å². The normalized spacial score (nSPS) is 11.9. The number of carboxylic acids is 1. The maximum Gasteiger partial charge on any atom is 0.321 e. The molecule has 1 unspecified atom stereocenters. The summed E-state index contributed by atoms with van der Waals surface area (Å²) < 4.78 is 10.3. The third-order valence-corrected chi connectivity index (χ3v) is 3.14. The minimum atomic E-state index is -1.06. The highest BCUT2D eigenvalue weighted by molar-refractivity contribution is 5.95. The number of anilines is 1. The smallest absolute Gasteiger partial charge is 0.321 e. The minimum Gasteiger partial charge on any atom is -0.497 e. The van der Waals surface area contributed by atoms with Crippen molar-refractivity contribution in [2.75, 3.05) is 26.1 Å². The van der Waals surface area contributed by atoms with E-state index in [2.05, 4.69) is 10.6 Å². The molecule has 0 saturated carbocycles. The highest BCUT2D eigenvalue weighted by atomic mass is 16.5. The maximum atomic E-state index is 12.1. The van der Waals surface area contributed by atoms with Crippen molar-refractivity contribution in [1.29, 1.82) is 0 Å². The molecule has 3 N–H and O–H groups in total. The van der Waals surface area contributed by atoms with Crippen molar-refractivity contribution in [2.24, 2.45) is 5.92 Å². The van der Waals surface area contributed by atoms with Crippen LogP contribution in [-0.4, -0.2) is 43.8 Å². The summed E-state index contributed by atoms with van der Waals surface area (Å²) in [6.45, 7) is 4.45. The Hall–Kier alpha value is -2.28. The highest BCUT2D eigenvalue weighted by Crippen LogP contribution is 2.29. The van der Waals surface area contributed by atoms with Crippen LogP contribution in [0.3, 0.4) is 0 Å². The number of ether oxygens (including phenoxy) is 2. The minimum absolute atomic E-state index is 0.178. The highest BCUT2D eigenvalue weighted by Gasteiger charge is 2.21. The van der Waals surface area contributed by atoms with Gasteiger partial charge in [0.25, 0.3) is 0 Å². The molecule has 1 amide bonds. The maximum absolute atomic E-state index is 12.1. The van der Waals surface area contributed by atoms with Crippen LogP contribution >= 0.6 is 0 Å². The standard InChI is InChI=1S/C16H24N2O5/c1-10(2)9-17-13(16(20)21)8-15(19)18-12-7-11(22-3)5-6-14(12)23-4/h5-7,10,13,17H,8-9H2,1-4H3,(H,18,19)(H,20,21). The Morgan fingerprint density at radius 3 is 2.43 bits per heavy atom. The van der Waals surface area contributed by atoms with Gasteiger partial charge in [0.05, 0.1) is 26.3 Å². The Balaban J connectivity index is 2.75. The van der Waals surface area contributed by atoms with Gasteiger partial charge in [-0.05, 0) is 24.6 Å². The fourth-order valence-electron chi connectivity index (χ4n) is 1.92. The summed E-state index contributed by atoms with van der Waals surface area (Å²) in [6, 6.07) is 4.06. The van der Waals surface area contributed by atoms with E-state index in [0.29, 0.717) is 29.6 Å². The lowest BCUT2D eigenvalue weighted by Gasteiger charge is -2.17. The quantitative estimate of drug-likeness (QED) is 0.640. The van der Waals surface area contributed by atoms with Crippen LogP contribution < -0.4 is 20.1 Å². The second-order valence-corrected chi connectivity index (χ2v) is 5.51. The molecule has 1 rings (SSSR count). The van der Waals surface area contributed by atoms with Crippen molar-refractivity contribution in [3.63, 3.8) is 0 Å². The van der Waals surface area contributed by atoms with Gasteiger partial charge in [0.15, 0.2) is 0 Å². The first-order chi connectivity index (χ1) is 10.9. The molecule has 1 atom stereocenters. The Labute approximate surface area is 136 Å². The number of carboxylic acid groups (broad SMARTS) is 1. The van der Waals surface area contributed by atoms with Gasteiger partial charge in [-0.1, -0.05) is 13.8 Å². The average Bonchev–Trinajstić information content (AvgIpc) is 2.50. The number of nitrogens with one attached hydrogen (secondary N) is 2. The summed E-state index contributed by atoms with van der Waals surface area (Å²) in [5.41, 5.74) is 0.435. The number of benzene rings is 1. The number of carbonyl (C=O) groups excluding carboxylic acids is 1. The summed E-state index contributed by atoms with van der Waals surface area (Å²) in [6.07, 6.45) is -0.178. The molecule has 0 bridgehead atoms. The average molecular weight is 324 g/mol. The molecule has 0 fully saturated rings. The SMILES string of the molecule is COc1ccc(OC)c(NC(=O)CC(NCC(C)C)C(=O)O)c1. The van der Waals surface area contributed by atoms with Gasteiger partial charge in [-0.3, -0.25) is 9.59 Å². The van der Waals surface area contributed by atoms with Crippen molar-refractivity contribution in [3.05, 3.63) is 18.2 Å². The third-order valence-electron chi connectivity index (χ3n) is 3.14. The van der Waals surface area contributed by atoms with Crippen LogP contribution in [0.15, 0.2) is 18.2 Å². The zero-order valence-electron chi connectivity index (χ0n) is 13.9. The van der Waals surface area contributed by atoms with Crippen LogP contribution in [0.25, 0.3) is 0 Å². The Kier molecular flexibility index (Phi) is 7.34. The summed E-state index contributed by atoms with van der Waals surface area (Å²) in [7, 11) is 3.01. The Morgan fingerprint density at radius 2 is 1.91 bits per heavy atom. The van der Waals surface area contributed by atoms with E-state index >= 15 is 0 Å². The molecule has 128 valence electrons. The summed E-state index contributed by atoms with van der Waals surface area (Å²) in [5.74, 6) is -0.146. The van der Waals surface area contributed by atoms with Crippen LogP contribution in [0.2, 0.25) is 0 Å². The first kappa shape index (κ1) is 18.8. The monoisotopic (exact) mass is 324 g/mol. The molecule has 23 heavy (non-hydrogen) atoms. The number of aliphatic carboxylic acids is 1. The molecular weight excluding hydrogens is 300 g/mol. The van der Waals surface area contributed by atoms with E-state index in [4.69, 9.17) is 9.47 Å². The largest absolute Gasteiger partial charge is 0.497 e. The van der Waals surface area contributed by atoms with E-state index in [9.17, 15) is 14.7 Å². The van der Waals surface area contributed by atoms with E-state index < -0.39 is 17.9 Å². The van der Waals surface area contributed by atoms with E-state index in [-0.39, 0.29) is 6.42 Å². The van der Waals surface area contributed by atoms with Gasteiger partial charge in [-0.25, -0.2) is 0 Å². The molecule has 0 spiro atoms. The van der Waals surface area contributed by atoms with Crippen molar-refractivity contribution >= 4 is 17.6 Å². The fourth-order valence-corrected chi connectivity index (χ4v) is 1.92. The molecule has 0 heterocycles. The van der Waals surface area contributed by atoms with Crippen molar-refractivity contribution < 1.29 is 24.2 Å². The number of amides is 1. The summed E-state index contributed by atoms with van der Waals surface area (Å²) >= 11 is 0. The lowest BCUT2D eigenvalue weighted by atomic mass is 10.1. The van der Waals surface area contributed by atoms with E-state index in [1.54, 1.807) is 18.2 Å². The van der Waals surface area contributed by atoms with Gasteiger partial charge >= 0.3 is 5.97 Å². The molecule has 0 aromatic heterocycles. The number of hydrogen-bond donors (Lipinski definition) is 3. The lowest BCUT2D eigenvalue weighted by Crippen LogP contribution is -2.41. The molecule has 1 aromatic rings. The second kappa shape index (κ2) is 8.99. The van der Waals surface area contributed by atoms with Gasteiger partial charge in [0.1, 0.15) is 17.5 Å². The third kappa shape index (κ3) is 6.15. The number of hydrogen-bond acceptors (Lipinski definition) is 5. The molecule has 0 aliphatic rings. The number of methoxy groups -OCH3 is 2. The van der Waals surface area contributed by atoms with Gasteiger partial charge in [0, 0.05) is 6.07 Å². The first-order valence-corrected chi connectivity index (χ1v) is 7.35. The van der Waals surface area contributed by atoms with E-state index in [0.717, 1.165) is 0 Å². The zero-order valence-corrected chi connectivity index (χ0v) is 13.9. The Bertz CT molecular complexity index is 545. The second-order valence-electron chi connectivity index (χ2n) is 5.51. The van der Waals surface area contributed by atoms with Crippen molar-refractivity contribution in [1.82, 2.24) is 5.32 Å². The van der Waals surface area contributed by atoms with Gasteiger partial charge < -0.3 is 25.2 Å². The van der Waals surface area contributed by atoms with Crippen molar-refractivity contribution in [2.45, 2.75) is 26.3 Å². The molecular formula is C16H24N2O5. The first-order valence-electron chi connectivity index (χ1n) is 7.35. The molecule has 0 aliphatic heterocycles. The molecule has 7 heteroatoms. The van der Waals surface area contributed by atoms with Gasteiger partial charge in [-0.15, -0.1) is 0 Å². The predicted octanol–water partition coefficient (Wildman–Crippen LogP) is 1.73. The van der Waals surface area contributed by atoms with Crippen LogP contribution in [0.4, 0.5) is 5.69 Å². The topological polar surface area (TPSA) is 96.9 Å². The fraction of sp³-hybridized carbons (Fsp3) is 0.500.